The number of rotatable bonds is 8. The minimum absolute atomic E-state index is 0.0683. The zero-order valence-electron chi connectivity index (χ0n) is 19.8. The van der Waals surface area contributed by atoms with Crippen molar-refractivity contribution in [1.29, 1.82) is 0 Å². The number of aliphatic carboxylic acids is 1. The van der Waals surface area contributed by atoms with Crippen molar-refractivity contribution in [2.24, 2.45) is 5.41 Å². The van der Waals surface area contributed by atoms with Gasteiger partial charge in [-0.3, -0.25) is 9.59 Å². The second-order valence-electron chi connectivity index (χ2n) is 9.45. The fourth-order valence-corrected chi connectivity index (χ4v) is 6.56. The molecule has 0 bridgehead atoms. The van der Waals surface area contributed by atoms with E-state index in [0.29, 0.717) is 16.6 Å². The van der Waals surface area contributed by atoms with E-state index in [-0.39, 0.29) is 27.8 Å². The first kappa shape index (κ1) is 26.7. The second kappa shape index (κ2) is 10.6. The molecule has 1 atom stereocenters. The van der Waals surface area contributed by atoms with Gasteiger partial charge in [0.15, 0.2) is 5.78 Å². The maximum absolute atomic E-state index is 12.8. The molecular formula is C27H27BrCl2N2O4. The third-order valence-electron chi connectivity index (χ3n) is 7.32. The quantitative estimate of drug-likeness (QED) is 0.315. The topological polar surface area (TPSA) is 95.5 Å². The lowest BCUT2D eigenvalue weighted by atomic mass is 9.62. The molecule has 2 aliphatic rings. The number of carboxylic acid groups (broad SMARTS) is 1. The summed E-state index contributed by atoms with van der Waals surface area (Å²) in [5.41, 5.74) is 0.338. The number of Topliss-reactive ketones (excluding diaryl/α,β-unsaturated/α-hetero) is 1. The zero-order valence-corrected chi connectivity index (χ0v) is 22.9. The van der Waals surface area contributed by atoms with Crippen LogP contribution in [0.25, 0.3) is 0 Å². The van der Waals surface area contributed by atoms with Crippen molar-refractivity contribution in [3.8, 4) is 0 Å². The van der Waals surface area contributed by atoms with E-state index in [1.54, 1.807) is 42.5 Å². The highest BCUT2D eigenvalue weighted by Crippen LogP contribution is 2.54. The number of allylic oxidation sites excluding steroid dienone is 2. The maximum Gasteiger partial charge on any atom is 0.329 e. The Labute approximate surface area is 228 Å². The lowest BCUT2D eigenvalue weighted by molar-refractivity contribution is -0.145. The number of hydrogen-bond donors (Lipinski definition) is 3. The molecule has 2 aromatic rings. The van der Waals surface area contributed by atoms with Crippen LogP contribution in [0.15, 0.2) is 52.6 Å². The molecule has 190 valence electrons. The van der Waals surface area contributed by atoms with Gasteiger partial charge < -0.3 is 15.7 Å². The summed E-state index contributed by atoms with van der Waals surface area (Å²) in [6.45, 7) is 1.82. The molecule has 0 heterocycles. The molecule has 0 aromatic heterocycles. The summed E-state index contributed by atoms with van der Waals surface area (Å²) in [5, 5.41) is 16.9. The van der Waals surface area contributed by atoms with E-state index in [0.717, 1.165) is 43.4 Å². The summed E-state index contributed by atoms with van der Waals surface area (Å²) in [4.78, 5) is 38.0. The third-order valence-corrected chi connectivity index (χ3v) is 8.71. The number of anilines is 1. The Morgan fingerprint density at radius 2 is 1.67 bits per heavy atom. The molecule has 0 unspecified atom stereocenters. The van der Waals surface area contributed by atoms with Crippen LogP contribution in [-0.2, 0) is 16.0 Å². The van der Waals surface area contributed by atoms with Crippen LogP contribution in [0.5, 0.6) is 0 Å². The first-order chi connectivity index (χ1) is 17.1. The Kier molecular flexibility index (Phi) is 7.83. The predicted molar refractivity (Wildman–Crippen MR) is 145 cm³/mol. The molecule has 0 aliphatic heterocycles. The van der Waals surface area contributed by atoms with Crippen LogP contribution in [0.1, 0.15) is 61.4 Å². The largest absolute Gasteiger partial charge is 0.479 e. The van der Waals surface area contributed by atoms with Crippen LogP contribution in [0.3, 0.4) is 0 Å². The second-order valence-corrected chi connectivity index (χ2v) is 11.1. The SMILES string of the molecule is CC[C@@](Cc1ccc(NC(=O)c2c(Cl)cccc2Cl)cc1)(NC1=C(Br)C(=O)C12CCCCC2)C(=O)O. The van der Waals surface area contributed by atoms with Crippen LogP contribution < -0.4 is 10.6 Å². The van der Waals surface area contributed by atoms with Crippen LogP contribution >= 0.6 is 39.1 Å². The van der Waals surface area contributed by atoms with E-state index in [1.165, 1.54) is 0 Å². The summed E-state index contributed by atoms with van der Waals surface area (Å²) < 4.78 is 0.458. The Morgan fingerprint density at radius 3 is 2.22 bits per heavy atom. The lowest BCUT2D eigenvalue weighted by Gasteiger charge is -2.48. The van der Waals surface area contributed by atoms with Gasteiger partial charge in [0.2, 0.25) is 0 Å². The molecule has 1 amide bonds. The molecule has 1 spiro atoms. The van der Waals surface area contributed by atoms with Crippen LogP contribution in [-0.4, -0.2) is 28.3 Å². The van der Waals surface area contributed by atoms with Gasteiger partial charge in [0.05, 0.1) is 25.5 Å². The van der Waals surface area contributed by atoms with Crippen LogP contribution in [0.4, 0.5) is 5.69 Å². The molecule has 2 aliphatic carbocycles. The minimum Gasteiger partial charge on any atom is -0.479 e. The van der Waals surface area contributed by atoms with Crippen molar-refractivity contribution >= 4 is 62.5 Å². The highest BCUT2D eigenvalue weighted by atomic mass is 79.9. The van der Waals surface area contributed by atoms with E-state index >= 15 is 0 Å². The van der Waals surface area contributed by atoms with E-state index in [2.05, 4.69) is 26.6 Å². The molecule has 1 saturated carbocycles. The van der Waals surface area contributed by atoms with Crippen LogP contribution in [0, 0.1) is 5.41 Å². The first-order valence-electron chi connectivity index (χ1n) is 11.9. The Morgan fingerprint density at radius 1 is 1.06 bits per heavy atom. The van der Waals surface area contributed by atoms with Gasteiger partial charge in [0, 0.05) is 17.8 Å². The number of benzene rings is 2. The standard InChI is InChI=1S/C27H27BrCl2N2O4/c1-2-27(25(35)36,32-22-21(28)23(33)26(22)13-4-3-5-14-26)15-16-9-11-17(12-10-16)31-24(34)20-18(29)7-6-8-19(20)30/h6-12,32H,2-5,13-15H2,1H3,(H,31,34)(H,35,36)/t27-/m0/s1. The Hall–Kier alpha value is -2.35. The Bertz CT molecular complexity index is 1220. The van der Waals surface area contributed by atoms with Gasteiger partial charge in [0.1, 0.15) is 5.54 Å². The van der Waals surface area contributed by atoms with Gasteiger partial charge in [-0.1, -0.05) is 67.6 Å². The molecule has 4 rings (SSSR count). The summed E-state index contributed by atoms with van der Waals surface area (Å²) in [7, 11) is 0. The van der Waals surface area contributed by atoms with E-state index in [4.69, 9.17) is 23.2 Å². The number of carbonyl (C=O) groups excluding carboxylic acids is 2. The van der Waals surface area contributed by atoms with Crippen LogP contribution in [0.2, 0.25) is 10.0 Å². The number of carboxylic acids is 1. The zero-order chi connectivity index (χ0) is 26.1. The molecule has 1 fully saturated rings. The summed E-state index contributed by atoms with van der Waals surface area (Å²) in [6, 6.07) is 11.8. The molecule has 3 N–H and O–H groups in total. The molecule has 0 saturated heterocycles. The fraction of sp³-hybridized carbons (Fsp3) is 0.370. The van der Waals surface area contributed by atoms with E-state index in [1.807, 2.05) is 6.92 Å². The molecule has 9 heteroatoms. The molecule has 2 aromatic carbocycles. The van der Waals surface area contributed by atoms with Gasteiger partial charge in [-0.05, 0) is 65.0 Å². The van der Waals surface area contributed by atoms with Gasteiger partial charge in [0.25, 0.3) is 5.91 Å². The van der Waals surface area contributed by atoms with E-state index in [9.17, 15) is 19.5 Å². The smallest absolute Gasteiger partial charge is 0.329 e. The van der Waals surface area contributed by atoms with Gasteiger partial charge in [-0.15, -0.1) is 0 Å². The number of nitrogens with one attached hydrogen (secondary N) is 2. The fourth-order valence-electron chi connectivity index (χ4n) is 5.13. The normalized spacial score (nSPS) is 18.4. The molecule has 36 heavy (non-hydrogen) atoms. The van der Waals surface area contributed by atoms with Crippen molar-refractivity contribution in [2.75, 3.05) is 5.32 Å². The highest BCUT2D eigenvalue weighted by Gasteiger charge is 2.55. The third kappa shape index (κ3) is 4.81. The van der Waals surface area contributed by atoms with Crippen molar-refractivity contribution < 1.29 is 19.5 Å². The average molecular weight is 594 g/mol. The molecule has 0 radical (unpaired) electrons. The number of carbonyl (C=O) groups is 3. The minimum atomic E-state index is -1.28. The monoisotopic (exact) mass is 592 g/mol. The lowest BCUT2D eigenvalue weighted by Crippen LogP contribution is -2.60. The van der Waals surface area contributed by atoms with Crippen molar-refractivity contribution in [2.45, 2.75) is 57.4 Å². The predicted octanol–water partition coefficient (Wildman–Crippen LogP) is 6.75. The molecule has 6 nitrogen and oxygen atoms in total. The number of hydrogen-bond acceptors (Lipinski definition) is 4. The number of ketones is 1. The summed E-state index contributed by atoms with van der Waals surface area (Å²) in [5.74, 6) is -1.34. The van der Waals surface area contributed by atoms with Gasteiger partial charge >= 0.3 is 5.97 Å². The van der Waals surface area contributed by atoms with Crippen molar-refractivity contribution in [1.82, 2.24) is 5.32 Å². The first-order valence-corrected chi connectivity index (χ1v) is 13.5. The average Bonchev–Trinajstić information content (AvgIpc) is 2.87. The van der Waals surface area contributed by atoms with Crippen molar-refractivity contribution in [3.05, 3.63) is 73.8 Å². The number of halogens is 3. The highest BCUT2D eigenvalue weighted by molar-refractivity contribution is 9.12. The van der Waals surface area contributed by atoms with E-state index < -0.39 is 22.8 Å². The maximum atomic E-state index is 12.8. The summed E-state index contributed by atoms with van der Waals surface area (Å²) >= 11 is 15.7. The molecular weight excluding hydrogens is 567 g/mol. The van der Waals surface area contributed by atoms with Gasteiger partial charge in [-0.2, -0.15) is 0 Å². The summed E-state index contributed by atoms with van der Waals surface area (Å²) in [6.07, 6.45) is 5.01. The number of amides is 1. The Balaban J connectivity index is 1.53. The van der Waals surface area contributed by atoms with Gasteiger partial charge in [-0.25, -0.2) is 4.79 Å². The van der Waals surface area contributed by atoms with Crippen molar-refractivity contribution in [3.63, 3.8) is 0 Å².